The summed E-state index contributed by atoms with van der Waals surface area (Å²) < 4.78 is 0. The quantitative estimate of drug-likeness (QED) is 0.430. The van der Waals surface area contributed by atoms with Crippen molar-refractivity contribution in [3.8, 4) is 0 Å². The molecule has 1 rings (SSSR count). The summed E-state index contributed by atoms with van der Waals surface area (Å²) in [6, 6.07) is 8.76. The minimum atomic E-state index is -1.01. The number of anilines is 1. The molecule has 6 nitrogen and oxygen atoms in total. The number of para-hydroxylation sites is 1. The van der Waals surface area contributed by atoms with Crippen molar-refractivity contribution in [3.05, 3.63) is 30.3 Å². The molecular weight excluding hydrogens is 302 g/mol. The topological polar surface area (TPSA) is 90.5 Å². The van der Waals surface area contributed by atoms with Crippen molar-refractivity contribution < 1.29 is 14.7 Å². The number of hydrogen-bond donors (Lipinski definition) is 4. The zero-order valence-electron chi connectivity index (χ0n) is 12.5. The summed E-state index contributed by atoms with van der Waals surface area (Å²) >= 11 is 5.16. The lowest BCUT2D eigenvalue weighted by Crippen LogP contribution is -2.39. The van der Waals surface area contributed by atoms with E-state index in [9.17, 15) is 9.59 Å². The molecule has 0 aromatic heterocycles. The van der Waals surface area contributed by atoms with Crippen molar-refractivity contribution in [2.24, 2.45) is 0 Å². The highest BCUT2D eigenvalue weighted by atomic mass is 32.1. The summed E-state index contributed by atoms with van der Waals surface area (Å²) in [4.78, 5) is 21.8. The molecule has 0 aliphatic carbocycles. The van der Waals surface area contributed by atoms with Crippen LogP contribution >= 0.6 is 12.2 Å². The van der Waals surface area contributed by atoms with E-state index in [2.05, 4.69) is 16.0 Å². The summed E-state index contributed by atoms with van der Waals surface area (Å²) in [5.41, 5.74) is 0.914. The average Bonchev–Trinajstić information content (AvgIpc) is 2.46. The van der Waals surface area contributed by atoms with Crippen molar-refractivity contribution in [2.45, 2.75) is 32.2 Å². The second-order valence-corrected chi connectivity index (χ2v) is 5.24. The summed E-state index contributed by atoms with van der Waals surface area (Å²) in [6.45, 7) is 1.95. The monoisotopic (exact) mass is 323 g/mol. The number of nitrogens with one attached hydrogen (secondary N) is 3. The van der Waals surface area contributed by atoms with E-state index < -0.39 is 12.0 Å². The van der Waals surface area contributed by atoms with E-state index >= 15 is 0 Å². The lowest BCUT2D eigenvalue weighted by Gasteiger charge is -2.13. The first kappa shape index (κ1) is 17.9. The Bertz CT molecular complexity index is 508. The van der Waals surface area contributed by atoms with Crippen molar-refractivity contribution in [2.75, 3.05) is 11.9 Å². The maximum atomic E-state index is 10.9. The molecule has 120 valence electrons. The van der Waals surface area contributed by atoms with Crippen molar-refractivity contribution in [3.63, 3.8) is 0 Å². The Morgan fingerprint density at radius 1 is 1.23 bits per heavy atom. The van der Waals surface area contributed by atoms with Gasteiger partial charge in [0.15, 0.2) is 5.11 Å². The molecule has 1 aromatic carbocycles. The molecule has 0 bridgehead atoms. The number of aliphatic carboxylic acids is 1. The van der Waals surface area contributed by atoms with E-state index in [0.717, 1.165) is 12.1 Å². The molecule has 0 spiro atoms. The van der Waals surface area contributed by atoms with Gasteiger partial charge in [-0.15, -0.1) is 0 Å². The Morgan fingerprint density at radius 3 is 2.50 bits per heavy atom. The van der Waals surface area contributed by atoms with Gasteiger partial charge in [-0.3, -0.25) is 4.79 Å². The number of carbonyl (C=O) groups is 2. The second kappa shape index (κ2) is 9.73. The molecule has 0 saturated carbocycles. The highest BCUT2D eigenvalue weighted by Gasteiger charge is 2.17. The van der Waals surface area contributed by atoms with Gasteiger partial charge in [-0.2, -0.15) is 0 Å². The largest absolute Gasteiger partial charge is 0.480 e. The zero-order valence-corrected chi connectivity index (χ0v) is 13.3. The van der Waals surface area contributed by atoms with E-state index in [0.29, 0.717) is 24.5 Å². The van der Waals surface area contributed by atoms with Gasteiger partial charge in [0.25, 0.3) is 0 Å². The fourth-order valence-electron chi connectivity index (χ4n) is 1.87. The molecule has 0 saturated heterocycles. The number of carboxylic acid groups (broad SMARTS) is 1. The van der Waals surface area contributed by atoms with Crippen molar-refractivity contribution in [1.29, 1.82) is 0 Å². The van der Waals surface area contributed by atoms with Gasteiger partial charge in [0.05, 0.1) is 0 Å². The first-order valence-electron chi connectivity index (χ1n) is 7.09. The molecule has 1 aromatic rings. The van der Waals surface area contributed by atoms with Crippen LogP contribution in [-0.4, -0.2) is 34.7 Å². The fraction of sp³-hybridized carbons (Fsp3) is 0.400. The van der Waals surface area contributed by atoms with Crippen LogP contribution in [0.5, 0.6) is 0 Å². The Hall–Kier alpha value is -2.15. The van der Waals surface area contributed by atoms with Crippen LogP contribution in [0, 0.1) is 0 Å². The summed E-state index contributed by atoms with van der Waals surface area (Å²) in [5, 5.41) is 18.0. The third-order valence-electron chi connectivity index (χ3n) is 2.91. The van der Waals surface area contributed by atoms with E-state index in [1.54, 1.807) is 0 Å². The Morgan fingerprint density at radius 2 is 1.91 bits per heavy atom. The molecule has 22 heavy (non-hydrogen) atoms. The Kier molecular flexibility index (Phi) is 7.91. The molecule has 1 amide bonds. The van der Waals surface area contributed by atoms with Crippen molar-refractivity contribution >= 4 is 34.9 Å². The maximum Gasteiger partial charge on any atom is 0.326 e. The minimum absolute atomic E-state index is 0.334. The van der Waals surface area contributed by atoms with Crippen molar-refractivity contribution in [1.82, 2.24) is 10.6 Å². The minimum Gasteiger partial charge on any atom is -0.480 e. The number of unbranched alkanes of at least 4 members (excludes halogenated alkanes) is 1. The lowest BCUT2D eigenvalue weighted by atomic mass is 10.1. The number of rotatable bonds is 8. The molecule has 0 radical (unpaired) electrons. The Labute approximate surface area is 135 Å². The SMILES string of the molecule is CC(=O)N[C@H](CCCCNC(=S)Nc1ccccc1)C(=O)O. The van der Waals surface area contributed by atoms with Crippen LogP contribution in [0.2, 0.25) is 0 Å². The molecule has 0 unspecified atom stereocenters. The lowest BCUT2D eigenvalue weighted by molar-refractivity contribution is -0.141. The zero-order chi connectivity index (χ0) is 16.4. The van der Waals surface area contributed by atoms with E-state index in [1.165, 1.54) is 6.92 Å². The molecule has 0 aliphatic rings. The predicted octanol–water partition coefficient (Wildman–Crippen LogP) is 1.73. The summed E-state index contributed by atoms with van der Waals surface area (Å²) in [5.74, 6) is -1.34. The molecule has 7 heteroatoms. The van der Waals surface area contributed by atoms with Gasteiger partial charge in [0.1, 0.15) is 6.04 Å². The van der Waals surface area contributed by atoms with E-state index in [-0.39, 0.29) is 5.91 Å². The molecule has 0 aliphatic heterocycles. The average molecular weight is 323 g/mol. The van der Waals surface area contributed by atoms with Crippen LogP contribution in [0.25, 0.3) is 0 Å². The van der Waals surface area contributed by atoms with E-state index in [1.807, 2.05) is 30.3 Å². The van der Waals surface area contributed by atoms with E-state index in [4.69, 9.17) is 17.3 Å². The van der Waals surface area contributed by atoms with Crippen LogP contribution < -0.4 is 16.0 Å². The molecule has 4 N–H and O–H groups in total. The maximum absolute atomic E-state index is 10.9. The number of thiocarbonyl (C=S) groups is 1. The number of benzene rings is 1. The van der Waals surface area contributed by atoms with Crippen LogP contribution in [0.15, 0.2) is 30.3 Å². The second-order valence-electron chi connectivity index (χ2n) is 4.83. The third kappa shape index (κ3) is 7.58. The molecule has 0 fully saturated rings. The van der Waals surface area contributed by atoms with Gasteiger partial charge in [0, 0.05) is 19.2 Å². The number of carbonyl (C=O) groups excluding carboxylic acids is 1. The van der Waals surface area contributed by atoms with Crippen LogP contribution in [0.4, 0.5) is 5.69 Å². The summed E-state index contributed by atoms with van der Waals surface area (Å²) in [6.07, 6.45) is 1.84. The number of amides is 1. The highest BCUT2D eigenvalue weighted by Crippen LogP contribution is 2.05. The highest BCUT2D eigenvalue weighted by molar-refractivity contribution is 7.80. The van der Waals surface area contributed by atoms with Crippen LogP contribution in [-0.2, 0) is 9.59 Å². The van der Waals surface area contributed by atoms with Gasteiger partial charge in [-0.25, -0.2) is 4.79 Å². The summed E-state index contributed by atoms with van der Waals surface area (Å²) in [7, 11) is 0. The van der Waals surface area contributed by atoms with Gasteiger partial charge in [-0.1, -0.05) is 18.2 Å². The standard InChI is InChI=1S/C15H21N3O3S/c1-11(19)17-13(14(20)21)9-5-6-10-16-15(22)18-12-7-3-2-4-8-12/h2-4,7-8,13H,5-6,9-10H2,1H3,(H,17,19)(H,20,21)(H2,16,18,22)/t13-/m1/s1. The van der Waals surface area contributed by atoms with Crippen LogP contribution in [0.3, 0.4) is 0 Å². The fourth-order valence-corrected chi connectivity index (χ4v) is 2.09. The van der Waals surface area contributed by atoms with Gasteiger partial charge >= 0.3 is 5.97 Å². The van der Waals surface area contributed by atoms with Gasteiger partial charge < -0.3 is 21.1 Å². The molecular formula is C15H21N3O3S. The third-order valence-corrected chi connectivity index (χ3v) is 3.16. The first-order chi connectivity index (χ1) is 10.5. The number of carboxylic acids is 1. The first-order valence-corrected chi connectivity index (χ1v) is 7.49. The molecule has 0 heterocycles. The molecule has 1 atom stereocenters. The Balaban J connectivity index is 2.17. The number of hydrogen-bond acceptors (Lipinski definition) is 3. The normalized spacial score (nSPS) is 11.3. The van der Waals surface area contributed by atoms with Crippen LogP contribution in [0.1, 0.15) is 26.2 Å². The predicted molar refractivity (Wildman–Crippen MR) is 89.8 cm³/mol. The smallest absolute Gasteiger partial charge is 0.326 e. The van der Waals surface area contributed by atoms with Gasteiger partial charge in [-0.05, 0) is 43.6 Å². The van der Waals surface area contributed by atoms with Gasteiger partial charge in [0.2, 0.25) is 5.91 Å².